The molecule has 0 aromatic carbocycles. The lowest BCUT2D eigenvalue weighted by atomic mass is 9.94. The van der Waals surface area contributed by atoms with Gasteiger partial charge in [-0.05, 0) is 31.4 Å². The van der Waals surface area contributed by atoms with Crippen LogP contribution >= 0.6 is 22.9 Å². The molecule has 14 heavy (non-hydrogen) atoms. The Morgan fingerprint density at radius 3 is 2.79 bits per heavy atom. The first kappa shape index (κ1) is 10.5. The third kappa shape index (κ3) is 2.97. The summed E-state index contributed by atoms with van der Waals surface area (Å²) in [6, 6.07) is 3.91. The summed E-state index contributed by atoms with van der Waals surface area (Å²) in [7, 11) is 0. The van der Waals surface area contributed by atoms with E-state index in [0.29, 0.717) is 0 Å². The molecule has 1 aromatic heterocycles. The summed E-state index contributed by atoms with van der Waals surface area (Å²) >= 11 is 7.41. The molecular formula is C11H15ClOS. The van der Waals surface area contributed by atoms with E-state index in [4.69, 9.17) is 11.6 Å². The van der Waals surface area contributed by atoms with Gasteiger partial charge in [-0.1, -0.05) is 24.4 Å². The Labute approximate surface area is 93.7 Å². The molecule has 1 heterocycles. The van der Waals surface area contributed by atoms with Gasteiger partial charge in [0, 0.05) is 11.3 Å². The minimum absolute atomic E-state index is 0.546. The molecule has 0 radical (unpaired) electrons. The monoisotopic (exact) mass is 230 g/mol. The predicted octanol–water partition coefficient (Wildman–Crippen LogP) is 3.50. The van der Waals surface area contributed by atoms with E-state index in [0.717, 1.165) is 23.1 Å². The maximum Gasteiger partial charge on any atom is 0.0931 e. The van der Waals surface area contributed by atoms with Gasteiger partial charge in [-0.25, -0.2) is 0 Å². The Morgan fingerprint density at radius 2 is 2.29 bits per heavy atom. The van der Waals surface area contributed by atoms with Crippen molar-refractivity contribution in [3.63, 3.8) is 0 Å². The van der Waals surface area contributed by atoms with Gasteiger partial charge in [0.1, 0.15) is 0 Å². The van der Waals surface area contributed by atoms with Crippen molar-refractivity contribution in [1.82, 2.24) is 0 Å². The Bertz CT molecular complexity index is 315. The summed E-state index contributed by atoms with van der Waals surface area (Å²) in [5.41, 5.74) is -0.546. The third-order valence-corrected chi connectivity index (χ3v) is 3.84. The molecule has 1 fully saturated rings. The molecule has 1 nitrogen and oxygen atoms in total. The van der Waals surface area contributed by atoms with Crippen LogP contribution in [0.25, 0.3) is 0 Å². The van der Waals surface area contributed by atoms with Crippen molar-refractivity contribution < 1.29 is 5.11 Å². The topological polar surface area (TPSA) is 20.2 Å². The lowest BCUT2D eigenvalue weighted by Crippen LogP contribution is -2.27. The first-order valence-electron chi connectivity index (χ1n) is 5.02. The zero-order valence-corrected chi connectivity index (χ0v) is 9.87. The van der Waals surface area contributed by atoms with E-state index < -0.39 is 5.60 Å². The summed E-state index contributed by atoms with van der Waals surface area (Å²) in [6.45, 7) is 1.93. The molecule has 78 valence electrons. The minimum atomic E-state index is -0.546. The van der Waals surface area contributed by atoms with Crippen molar-refractivity contribution in [3.05, 3.63) is 21.3 Å². The molecule has 0 saturated heterocycles. The molecule has 1 saturated carbocycles. The molecule has 1 aliphatic rings. The van der Waals surface area contributed by atoms with Crippen LogP contribution in [0.5, 0.6) is 0 Å². The Hall–Kier alpha value is -0.0500. The summed E-state index contributed by atoms with van der Waals surface area (Å²) in [6.07, 6.45) is 4.26. The van der Waals surface area contributed by atoms with Crippen molar-refractivity contribution in [2.75, 3.05) is 0 Å². The van der Waals surface area contributed by atoms with Crippen LogP contribution in [-0.4, -0.2) is 10.7 Å². The molecule has 1 atom stereocenters. The van der Waals surface area contributed by atoms with Gasteiger partial charge in [0.05, 0.1) is 9.94 Å². The van der Waals surface area contributed by atoms with Gasteiger partial charge in [0.25, 0.3) is 0 Å². The Kier molecular flexibility index (Phi) is 2.87. The second kappa shape index (κ2) is 3.84. The van der Waals surface area contributed by atoms with Crippen LogP contribution in [0.2, 0.25) is 4.34 Å². The third-order valence-electron chi connectivity index (χ3n) is 2.61. The van der Waals surface area contributed by atoms with Gasteiger partial charge in [-0.15, -0.1) is 11.3 Å². The van der Waals surface area contributed by atoms with E-state index in [1.54, 1.807) is 11.3 Å². The largest absolute Gasteiger partial charge is 0.390 e. The van der Waals surface area contributed by atoms with Crippen LogP contribution < -0.4 is 0 Å². The standard InChI is InChI=1S/C11H15ClOS/c1-11(13,6-8-2-3-8)7-9-4-5-10(12)14-9/h4-5,8,13H,2-3,6-7H2,1H3. The molecule has 0 amide bonds. The van der Waals surface area contributed by atoms with Crippen LogP contribution in [0.3, 0.4) is 0 Å². The highest BCUT2D eigenvalue weighted by atomic mass is 35.5. The summed E-state index contributed by atoms with van der Waals surface area (Å²) < 4.78 is 0.808. The fourth-order valence-corrected chi connectivity index (χ4v) is 3.10. The molecule has 1 N–H and O–H groups in total. The van der Waals surface area contributed by atoms with Gasteiger partial charge in [-0.2, -0.15) is 0 Å². The molecule has 3 heteroatoms. The van der Waals surface area contributed by atoms with Crippen LogP contribution in [-0.2, 0) is 6.42 Å². The highest BCUT2D eigenvalue weighted by Crippen LogP contribution is 2.38. The molecule has 0 aliphatic heterocycles. The number of rotatable bonds is 4. The fourth-order valence-electron chi connectivity index (χ4n) is 1.84. The van der Waals surface area contributed by atoms with Gasteiger partial charge in [-0.3, -0.25) is 0 Å². The molecule has 1 aliphatic carbocycles. The highest BCUT2D eigenvalue weighted by Gasteiger charge is 2.31. The van der Waals surface area contributed by atoms with Crippen molar-refractivity contribution >= 4 is 22.9 Å². The second-order valence-corrected chi connectivity index (χ2v) is 6.33. The molecule has 2 rings (SSSR count). The fraction of sp³-hybridized carbons (Fsp3) is 0.636. The van der Waals surface area contributed by atoms with Gasteiger partial charge < -0.3 is 5.11 Å². The molecular weight excluding hydrogens is 216 g/mol. The maximum absolute atomic E-state index is 10.2. The summed E-state index contributed by atoms with van der Waals surface area (Å²) in [5.74, 6) is 0.764. The van der Waals surface area contributed by atoms with Crippen LogP contribution in [0.15, 0.2) is 12.1 Å². The highest BCUT2D eigenvalue weighted by molar-refractivity contribution is 7.16. The Morgan fingerprint density at radius 1 is 1.57 bits per heavy atom. The zero-order chi connectivity index (χ0) is 10.2. The van der Waals surface area contributed by atoms with Crippen molar-refractivity contribution in [3.8, 4) is 0 Å². The number of aliphatic hydroxyl groups is 1. The smallest absolute Gasteiger partial charge is 0.0931 e. The molecule has 0 spiro atoms. The van der Waals surface area contributed by atoms with Crippen LogP contribution in [0, 0.1) is 5.92 Å². The van der Waals surface area contributed by atoms with E-state index in [9.17, 15) is 5.11 Å². The lowest BCUT2D eigenvalue weighted by molar-refractivity contribution is 0.0463. The first-order valence-corrected chi connectivity index (χ1v) is 6.21. The first-order chi connectivity index (χ1) is 6.55. The zero-order valence-electron chi connectivity index (χ0n) is 8.29. The number of hydrogen-bond acceptors (Lipinski definition) is 2. The summed E-state index contributed by atoms with van der Waals surface area (Å²) in [4.78, 5) is 1.18. The van der Waals surface area contributed by atoms with E-state index in [-0.39, 0.29) is 0 Å². The lowest BCUT2D eigenvalue weighted by Gasteiger charge is -2.22. The molecule has 0 bridgehead atoms. The number of thiophene rings is 1. The average molecular weight is 231 g/mol. The average Bonchev–Trinajstić information content (AvgIpc) is 2.74. The predicted molar refractivity (Wildman–Crippen MR) is 61.0 cm³/mol. The van der Waals surface area contributed by atoms with Gasteiger partial charge >= 0.3 is 0 Å². The Balaban J connectivity index is 1.94. The second-order valence-electron chi connectivity index (χ2n) is 4.53. The van der Waals surface area contributed by atoms with Gasteiger partial charge in [0.2, 0.25) is 0 Å². The van der Waals surface area contributed by atoms with Crippen molar-refractivity contribution in [1.29, 1.82) is 0 Å². The van der Waals surface area contributed by atoms with Crippen LogP contribution in [0.1, 0.15) is 31.1 Å². The van der Waals surface area contributed by atoms with E-state index in [1.807, 2.05) is 19.1 Å². The molecule has 1 unspecified atom stereocenters. The van der Waals surface area contributed by atoms with Crippen LogP contribution in [0.4, 0.5) is 0 Å². The maximum atomic E-state index is 10.2. The van der Waals surface area contributed by atoms with Crippen molar-refractivity contribution in [2.24, 2.45) is 5.92 Å². The minimum Gasteiger partial charge on any atom is -0.390 e. The van der Waals surface area contributed by atoms with E-state index in [1.165, 1.54) is 17.7 Å². The normalized spacial score (nSPS) is 20.8. The van der Waals surface area contributed by atoms with Gasteiger partial charge in [0.15, 0.2) is 0 Å². The quantitative estimate of drug-likeness (QED) is 0.840. The van der Waals surface area contributed by atoms with E-state index in [2.05, 4.69) is 0 Å². The van der Waals surface area contributed by atoms with E-state index >= 15 is 0 Å². The SMILES string of the molecule is CC(O)(Cc1ccc(Cl)s1)CC1CC1. The molecule has 1 aromatic rings. The van der Waals surface area contributed by atoms with Crippen molar-refractivity contribution in [2.45, 2.75) is 38.2 Å². The number of halogens is 1. The number of hydrogen-bond donors (Lipinski definition) is 1. The summed E-state index contributed by atoms with van der Waals surface area (Å²) in [5, 5.41) is 10.2.